The monoisotopic (exact) mass is 344 g/mol. The Morgan fingerprint density at radius 3 is 2.16 bits per heavy atom. The van der Waals surface area contributed by atoms with E-state index in [9.17, 15) is 4.79 Å². The molecule has 0 atom stereocenters. The number of H-pyrrole nitrogens is 1. The molecule has 0 radical (unpaired) electrons. The largest absolute Gasteiger partial charge is 0.497 e. The van der Waals surface area contributed by atoms with E-state index in [4.69, 9.17) is 18.9 Å². The second kappa shape index (κ2) is 6.80. The quantitative estimate of drug-likeness (QED) is 0.743. The first-order valence-electron chi connectivity index (χ1n) is 7.66. The van der Waals surface area contributed by atoms with Crippen molar-refractivity contribution in [2.24, 2.45) is 0 Å². The molecule has 25 heavy (non-hydrogen) atoms. The molecule has 7 nitrogen and oxygen atoms in total. The number of rotatable bonds is 6. The first-order chi connectivity index (χ1) is 12.1. The molecule has 0 saturated carbocycles. The van der Waals surface area contributed by atoms with Crippen LogP contribution in [0.2, 0.25) is 0 Å². The molecule has 0 aliphatic carbocycles. The summed E-state index contributed by atoms with van der Waals surface area (Å²) in [5.41, 5.74) is 1.53. The molecule has 7 heteroatoms. The molecule has 0 saturated heterocycles. The Kier molecular flexibility index (Phi) is 4.56. The number of benzene rings is 2. The molecule has 1 N–H and O–H groups in total. The Bertz CT molecular complexity index is 933. The fourth-order valence-electron chi connectivity index (χ4n) is 2.84. The van der Waals surface area contributed by atoms with Gasteiger partial charge in [0, 0.05) is 0 Å². The van der Waals surface area contributed by atoms with Crippen molar-refractivity contribution in [1.29, 1.82) is 0 Å². The summed E-state index contributed by atoms with van der Waals surface area (Å²) in [5, 5.41) is 3.42. The van der Waals surface area contributed by atoms with Crippen molar-refractivity contribution in [3.05, 3.63) is 46.2 Å². The van der Waals surface area contributed by atoms with E-state index < -0.39 is 0 Å². The third-order valence-electron chi connectivity index (χ3n) is 4.04. The Hall–Kier alpha value is -3.09. The van der Waals surface area contributed by atoms with Crippen molar-refractivity contribution >= 4 is 10.9 Å². The lowest BCUT2D eigenvalue weighted by Gasteiger charge is -2.14. The highest BCUT2D eigenvalue weighted by atomic mass is 16.5. The van der Waals surface area contributed by atoms with E-state index in [1.165, 1.54) is 0 Å². The van der Waals surface area contributed by atoms with E-state index >= 15 is 0 Å². The second-order valence-electron chi connectivity index (χ2n) is 5.44. The summed E-state index contributed by atoms with van der Waals surface area (Å²) in [5.74, 6) is 2.31. The zero-order valence-electron chi connectivity index (χ0n) is 14.6. The van der Waals surface area contributed by atoms with Crippen molar-refractivity contribution in [3.8, 4) is 23.0 Å². The number of aromatic amines is 1. The average Bonchev–Trinajstić information content (AvgIpc) is 2.95. The van der Waals surface area contributed by atoms with Crippen LogP contribution in [0.3, 0.4) is 0 Å². The van der Waals surface area contributed by atoms with Crippen molar-refractivity contribution in [2.75, 3.05) is 28.4 Å². The summed E-state index contributed by atoms with van der Waals surface area (Å²) >= 11 is 0. The van der Waals surface area contributed by atoms with Gasteiger partial charge in [0.15, 0.2) is 11.5 Å². The third-order valence-corrected chi connectivity index (χ3v) is 4.04. The molecule has 2 aromatic carbocycles. The maximum Gasteiger partial charge on any atom is 0.272 e. The minimum absolute atomic E-state index is 0.165. The lowest BCUT2D eigenvalue weighted by Crippen LogP contribution is -2.07. The first kappa shape index (κ1) is 16.8. The Balaban J connectivity index is 2.06. The number of fused-ring (bicyclic) bond motifs is 1. The Morgan fingerprint density at radius 2 is 1.60 bits per heavy atom. The third kappa shape index (κ3) is 3.00. The van der Waals surface area contributed by atoms with Gasteiger partial charge in [-0.05, 0) is 35.9 Å². The molecule has 3 aromatic rings. The van der Waals surface area contributed by atoms with Crippen molar-refractivity contribution < 1.29 is 18.9 Å². The van der Waals surface area contributed by atoms with E-state index in [2.05, 4.69) is 5.10 Å². The molecular weight excluding hydrogens is 324 g/mol. The standard InChI is InChI=1S/C18H20N2O5/c1-22-12-5-6-14-13(9-12)18(21)19-20(14)10-11-7-15(23-2)17(25-4)16(8-11)24-3/h5-9H,10H2,1-4H3,(H,19,21). The van der Waals surface area contributed by atoms with Gasteiger partial charge in [0.2, 0.25) is 5.75 Å². The van der Waals surface area contributed by atoms with Crippen molar-refractivity contribution in [2.45, 2.75) is 6.54 Å². The van der Waals surface area contributed by atoms with E-state index in [0.29, 0.717) is 34.9 Å². The number of methoxy groups -OCH3 is 4. The van der Waals surface area contributed by atoms with Gasteiger partial charge in [-0.25, -0.2) is 0 Å². The smallest absolute Gasteiger partial charge is 0.272 e. The lowest BCUT2D eigenvalue weighted by atomic mass is 10.1. The molecule has 132 valence electrons. The van der Waals surface area contributed by atoms with E-state index in [-0.39, 0.29) is 5.56 Å². The number of nitrogens with zero attached hydrogens (tertiary/aromatic N) is 1. The first-order valence-corrected chi connectivity index (χ1v) is 7.66. The normalized spacial score (nSPS) is 10.7. The highest BCUT2D eigenvalue weighted by molar-refractivity contribution is 5.80. The molecule has 0 spiro atoms. The van der Waals surface area contributed by atoms with E-state index in [1.807, 2.05) is 24.3 Å². The number of hydrogen-bond donors (Lipinski definition) is 1. The molecule has 0 bridgehead atoms. The van der Waals surface area contributed by atoms with Crippen LogP contribution < -0.4 is 24.5 Å². The highest BCUT2D eigenvalue weighted by Crippen LogP contribution is 2.38. The minimum Gasteiger partial charge on any atom is -0.497 e. The van der Waals surface area contributed by atoms with E-state index in [1.54, 1.807) is 39.2 Å². The average molecular weight is 344 g/mol. The molecule has 3 rings (SSSR count). The Labute approximate surface area is 144 Å². The van der Waals surface area contributed by atoms with Crippen LogP contribution in [0, 0.1) is 0 Å². The van der Waals surface area contributed by atoms with Crippen LogP contribution in [0.15, 0.2) is 35.1 Å². The fourth-order valence-corrected chi connectivity index (χ4v) is 2.84. The van der Waals surface area contributed by atoms with Gasteiger partial charge in [-0.15, -0.1) is 0 Å². The zero-order valence-corrected chi connectivity index (χ0v) is 14.6. The summed E-state index contributed by atoms with van der Waals surface area (Å²) in [7, 11) is 6.27. The molecule has 0 fully saturated rings. The van der Waals surface area contributed by atoms with Gasteiger partial charge in [0.1, 0.15) is 5.75 Å². The summed E-state index contributed by atoms with van der Waals surface area (Å²) in [6.45, 7) is 0.446. The van der Waals surface area contributed by atoms with Gasteiger partial charge in [-0.3, -0.25) is 14.6 Å². The SMILES string of the molecule is COc1ccc2c(c1)c(=O)[nH]n2Cc1cc(OC)c(OC)c(OC)c1. The fraction of sp³-hybridized carbons (Fsp3) is 0.278. The second-order valence-corrected chi connectivity index (χ2v) is 5.44. The molecule has 1 aromatic heterocycles. The van der Waals surface area contributed by atoms with Crippen LogP contribution in [0.25, 0.3) is 10.9 Å². The van der Waals surface area contributed by atoms with Gasteiger partial charge in [0.25, 0.3) is 5.56 Å². The van der Waals surface area contributed by atoms with Crippen LogP contribution in [0.4, 0.5) is 0 Å². The van der Waals surface area contributed by atoms with Gasteiger partial charge in [0.05, 0.1) is 45.9 Å². The predicted octanol–water partition coefficient (Wildman–Crippen LogP) is 2.41. The van der Waals surface area contributed by atoms with Crippen LogP contribution in [-0.4, -0.2) is 38.2 Å². The Morgan fingerprint density at radius 1 is 0.920 bits per heavy atom. The molecule has 0 aliphatic rings. The van der Waals surface area contributed by atoms with Crippen LogP contribution >= 0.6 is 0 Å². The zero-order chi connectivity index (χ0) is 18.0. The van der Waals surface area contributed by atoms with Gasteiger partial charge < -0.3 is 18.9 Å². The van der Waals surface area contributed by atoms with Crippen LogP contribution in [0.5, 0.6) is 23.0 Å². The number of aromatic nitrogens is 2. The molecule has 0 amide bonds. The van der Waals surface area contributed by atoms with Crippen LogP contribution in [0.1, 0.15) is 5.56 Å². The maximum atomic E-state index is 12.2. The molecular formula is C18H20N2O5. The molecule has 1 heterocycles. The van der Waals surface area contributed by atoms with E-state index in [0.717, 1.165) is 11.1 Å². The van der Waals surface area contributed by atoms with Gasteiger partial charge in [-0.1, -0.05) is 0 Å². The van der Waals surface area contributed by atoms with Crippen molar-refractivity contribution in [1.82, 2.24) is 9.78 Å². The maximum absolute atomic E-state index is 12.2. The van der Waals surface area contributed by atoms with Crippen molar-refractivity contribution in [3.63, 3.8) is 0 Å². The number of nitrogens with one attached hydrogen (secondary N) is 1. The van der Waals surface area contributed by atoms with Gasteiger partial charge >= 0.3 is 0 Å². The van der Waals surface area contributed by atoms with Gasteiger partial charge in [-0.2, -0.15) is 0 Å². The summed E-state index contributed by atoms with van der Waals surface area (Å²) in [6, 6.07) is 9.11. The summed E-state index contributed by atoms with van der Waals surface area (Å²) in [4.78, 5) is 12.2. The number of ether oxygens (including phenoxy) is 4. The topological polar surface area (TPSA) is 74.7 Å². The summed E-state index contributed by atoms with van der Waals surface area (Å²) in [6.07, 6.45) is 0. The lowest BCUT2D eigenvalue weighted by molar-refractivity contribution is 0.323. The van der Waals surface area contributed by atoms with Crippen LogP contribution in [-0.2, 0) is 6.54 Å². The summed E-state index contributed by atoms with van der Waals surface area (Å²) < 4.78 is 23.0. The number of hydrogen-bond acceptors (Lipinski definition) is 5. The minimum atomic E-state index is -0.165. The molecule has 0 unspecified atom stereocenters. The molecule has 0 aliphatic heterocycles. The highest BCUT2D eigenvalue weighted by Gasteiger charge is 2.15. The predicted molar refractivity (Wildman–Crippen MR) is 94.3 cm³/mol.